The van der Waals surface area contributed by atoms with Crippen molar-refractivity contribution < 1.29 is 9.63 Å². The van der Waals surface area contributed by atoms with Crippen LogP contribution in [-0.4, -0.2) is 35.5 Å². The normalized spacial score (nSPS) is 26.0. The van der Waals surface area contributed by atoms with E-state index in [4.69, 9.17) is 10.6 Å². The van der Waals surface area contributed by atoms with E-state index in [0.717, 1.165) is 0 Å². The van der Waals surface area contributed by atoms with Crippen LogP contribution in [-0.2, 0) is 9.63 Å². The third-order valence-electron chi connectivity index (χ3n) is 1.26. The molecule has 0 saturated carbocycles. The van der Waals surface area contributed by atoms with Gasteiger partial charge in [-0.2, -0.15) is 0 Å². The molecule has 1 atom stereocenters. The molecular weight excluding hydrogens is 200 g/mol. The summed E-state index contributed by atoms with van der Waals surface area (Å²) in [5.74, 6) is -0.126. The fraction of sp³-hybridized carbons (Fsp3) is 0.800. The number of alkyl halides is 1. The lowest BCUT2D eigenvalue weighted by Crippen LogP contribution is -2.35. The van der Waals surface area contributed by atoms with Crippen molar-refractivity contribution in [2.75, 3.05) is 18.5 Å². The molecule has 1 rings (SSSR count). The standard InChI is InChI=1S/C5H9BrN2O2/c6-1-2-8-5(9)4(7)3-10-8/h4H,1-3,7H2. The van der Waals surface area contributed by atoms with E-state index in [0.29, 0.717) is 18.5 Å². The van der Waals surface area contributed by atoms with Crippen molar-refractivity contribution in [3.63, 3.8) is 0 Å². The van der Waals surface area contributed by atoms with Gasteiger partial charge in [0.2, 0.25) is 0 Å². The average Bonchev–Trinajstić information content (AvgIpc) is 2.20. The monoisotopic (exact) mass is 208 g/mol. The Labute approximate surface area is 67.4 Å². The molecule has 4 nitrogen and oxygen atoms in total. The largest absolute Gasteiger partial charge is 0.318 e. The summed E-state index contributed by atoms with van der Waals surface area (Å²) in [6.07, 6.45) is 0. The fourth-order valence-electron chi connectivity index (χ4n) is 0.742. The first-order valence-electron chi connectivity index (χ1n) is 3.01. The Hall–Kier alpha value is -0.130. The quantitative estimate of drug-likeness (QED) is 0.622. The summed E-state index contributed by atoms with van der Waals surface area (Å²) in [7, 11) is 0. The molecule has 1 saturated heterocycles. The van der Waals surface area contributed by atoms with E-state index in [2.05, 4.69) is 15.9 Å². The molecule has 1 heterocycles. The summed E-state index contributed by atoms with van der Waals surface area (Å²) >= 11 is 3.19. The number of carbonyl (C=O) groups is 1. The Morgan fingerprint density at radius 2 is 2.60 bits per heavy atom. The van der Waals surface area contributed by atoms with Crippen LogP contribution in [0.5, 0.6) is 0 Å². The highest BCUT2D eigenvalue weighted by atomic mass is 79.9. The van der Waals surface area contributed by atoms with Gasteiger partial charge in [0, 0.05) is 5.33 Å². The second-order valence-electron chi connectivity index (χ2n) is 2.03. The van der Waals surface area contributed by atoms with Gasteiger partial charge < -0.3 is 5.73 Å². The number of hydrogen-bond donors (Lipinski definition) is 1. The molecule has 0 spiro atoms. The number of amides is 1. The first-order chi connectivity index (χ1) is 4.75. The van der Waals surface area contributed by atoms with Gasteiger partial charge >= 0.3 is 0 Å². The lowest BCUT2D eigenvalue weighted by Gasteiger charge is -2.10. The van der Waals surface area contributed by atoms with E-state index >= 15 is 0 Å². The summed E-state index contributed by atoms with van der Waals surface area (Å²) in [6, 6.07) is -0.459. The Balaban J connectivity index is 2.41. The van der Waals surface area contributed by atoms with Gasteiger partial charge in [-0.1, -0.05) is 15.9 Å². The topological polar surface area (TPSA) is 55.6 Å². The Morgan fingerprint density at radius 1 is 1.90 bits per heavy atom. The summed E-state index contributed by atoms with van der Waals surface area (Å²) in [6.45, 7) is 0.873. The van der Waals surface area contributed by atoms with Gasteiger partial charge in [0.05, 0.1) is 13.2 Å². The molecule has 58 valence electrons. The molecule has 5 heteroatoms. The number of nitrogens with zero attached hydrogens (tertiary/aromatic N) is 1. The summed E-state index contributed by atoms with van der Waals surface area (Å²) < 4.78 is 0. The van der Waals surface area contributed by atoms with Gasteiger partial charge in [0.25, 0.3) is 5.91 Å². The van der Waals surface area contributed by atoms with Crippen LogP contribution in [0.25, 0.3) is 0 Å². The van der Waals surface area contributed by atoms with Crippen molar-refractivity contribution in [3.8, 4) is 0 Å². The zero-order valence-electron chi connectivity index (χ0n) is 5.42. The fourth-order valence-corrected chi connectivity index (χ4v) is 1.06. The van der Waals surface area contributed by atoms with E-state index in [9.17, 15) is 4.79 Å². The molecule has 0 bridgehead atoms. The van der Waals surface area contributed by atoms with Gasteiger partial charge in [-0.3, -0.25) is 9.63 Å². The number of nitrogens with two attached hydrogens (primary N) is 1. The van der Waals surface area contributed by atoms with E-state index in [1.807, 2.05) is 0 Å². The molecule has 0 radical (unpaired) electrons. The molecule has 1 fully saturated rings. The van der Waals surface area contributed by atoms with Crippen molar-refractivity contribution in [2.24, 2.45) is 5.73 Å². The maximum atomic E-state index is 11.0. The average molecular weight is 209 g/mol. The Bertz CT molecular complexity index is 140. The third-order valence-corrected chi connectivity index (χ3v) is 1.62. The van der Waals surface area contributed by atoms with Crippen molar-refractivity contribution in [1.82, 2.24) is 5.06 Å². The van der Waals surface area contributed by atoms with Gasteiger partial charge in [0.1, 0.15) is 6.04 Å². The van der Waals surface area contributed by atoms with Crippen LogP contribution in [0.15, 0.2) is 0 Å². The minimum absolute atomic E-state index is 0.126. The number of hydrogen-bond acceptors (Lipinski definition) is 3. The summed E-state index contributed by atoms with van der Waals surface area (Å²) in [5, 5.41) is 2.00. The van der Waals surface area contributed by atoms with Crippen molar-refractivity contribution in [2.45, 2.75) is 6.04 Å². The lowest BCUT2D eigenvalue weighted by molar-refractivity contribution is -0.160. The van der Waals surface area contributed by atoms with Gasteiger partial charge in [-0.25, -0.2) is 5.06 Å². The Kier molecular flexibility index (Phi) is 2.64. The second kappa shape index (κ2) is 3.32. The zero-order valence-corrected chi connectivity index (χ0v) is 7.00. The van der Waals surface area contributed by atoms with Crippen molar-refractivity contribution >= 4 is 21.8 Å². The number of carbonyl (C=O) groups excluding carboxylic acids is 1. The zero-order chi connectivity index (χ0) is 7.56. The molecule has 10 heavy (non-hydrogen) atoms. The first kappa shape index (κ1) is 7.97. The highest BCUT2D eigenvalue weighted by Crippen LogP contribution is 2.05. The molecule has 0 aromatic heterocycles. The highest BCUT2D eigenvalue weighted by Gasteiger charge is 2.29. The predicted molar refractivity (Wildman–Crippen MR) is 39.4 cm³/mol. The van der Waals surface area contributed by atoms with Crippen molar-refractivity contribution in [1.29, 1.82) is 0 Å². The molecule has 0 aliphatic carbocycles. The van der Waals surface area contributed by atoms with E-state index in [1.54, 1.807) is 0 Å². The van der Waals surface area contributed by atoms with Crippen LogP contribution in [0.3, 0.4) is 0 Å². The second-order valence-corrected chi connectivity index (χ2v) is 2.82. The minimum atomic E-state index is -0.459. The van der Waals surface area contributed by atoms with Gasteiger partial charge in [-0.15, -0.1) is 0 Å². The maximum Gasteiger partial charge on any atom is 0.265 e. The summed E-state index contributed by atoms with van der Waals surface area (Å²) in [4.78, 5) is 15.9. The van der Waals surface area contributed by atoms with Crippen LogP contribution >= 0.6 is 15.9 Å². The maximum absolute atomic E-state index is 11.0. The van der Waals surface area contributed by atoms with Crippen molar-refractivity contribution in [3.05, 3.63) is 0 Å². The van der Waals surface area contributed by atoms with Gasteiger partial charge in [-0.05, 0) is 0 Å². The molecule has 2 N–H and O–H groups in total. The molecule has 0 aromatic rings. The smallest absolute Gasteiger partial charge is 0.265 e. The van der Waals surface area contributed by atoms with Crippen LogP contribution in [0.4, 0.5) is 0 Å². The lowest BCUT2D eigenvalue weighted by atomic mass is 10.3. The molecule has 0 aromatic carbocycles. The molecular formula is C5H9BrN2O2. The molecule has 1 unspecified atom stereocenters. The van der Waals surface area contributed by atoms with Crippen LogP contribution < -0.4 is 5.73 Å². The third kappa shape index (κ3) is 1.47. The van der Waals surface area contributed by atoms with Crippen LogP contribution in [0.1, 0.15) is 0 Å². The van der Waals surface area contributed by atoms with E-state index < -0.39 is 6.04 Å². The summed E-state index contributed by atoms with van der Waals surface area (Å²) in [5.41, 5.74) is 5.37. The van der Waals surface area contributed by atoms with E-state index in [1.165, 1.54) is 5.06 Å². The number of halogens is 1. The first-order valence-corrected chi connectivity index (χ1v) is 4.13. The van der Waals surface area contributed by atoms with Crippen LogP contribution in [0.2, 0.25) is 0 Å². The molecule has 1 aliphatic rings. The SMILES string of the molecule is NC1CON(CCBr)C1=O. The van der Waals surface area contributed by atoms with Crippen LogP contribution in [0, 0.1) is 0 Å². The van der Waals surface area contributed by atoms with E-state index in [-0.39, 0.29) is 5.91 Å². The molecule has 1 aliphatic heterocycles. The Morgan fingerprint density at radius 3 is 3.00 bits per heavy atom. The molecule has 1 amide bonds. The minimum Gasteiger partial charge on any atom is -0.318 e. The highest BCUT2D eigenvalue weighted by molar-refractivity contribution is 9.09. The van der Waals surface area contributed by atoms with Gasteiger partial charge in [0.15, 0.2) is 0 Å². The number of hydroxylamine groups is 2. The number of rotatable bonds is 2. The predicted octanol–water partition coefficient (Wildman–Crippen LogP) is -0.518.